The minimum atomic E-state index is -0.958. The van der Waals surface area contributed by atoms with Gasteiger partial charge in [0.1, 0.15) is 18.8 Å². The third-order valence-electron chi connectivity index (χ3n) is 6.07. The SMILES string of the molecule is COC12N=CN(N1)c1c(C[C@@H]3OC(C)(C)O[C@@H]3CCO)cn(COCc3ccccc3)c12. The number of ether oxygens (including phenoxy) is 4. The Kier molecular flexibility index (Phi) is 5.56. The monoisotopic (exact) mass is 442 g/mol. The summed E-state index contributed by atoms with van der Waals surface area (Å²) in [5.74, 6) is -1.64. The first-order chi connectivity index (χ1) is 15.4. The van der Waals surface area contributed by atoms with Gasteiger partial charge in [-0.15, -0.1) is 0 Å². The molecule has 1 aromatic heterocycles. The molecule has 3 aliphatic rings. The highest BCUT2D eigenvalue weighted by atomic mass is 16.7. The number of aliphatic hydroxyl groups excluding tert-OH is 1. The van der Waals surface area contributed by atoms with E-state index in [4.69, 9.17) is 18.9 Å². The van der Waals surface area contributed by atoms with E-state index in [1.165, 1.54) is 0 Å². The van der Waals surface area contributed by atoms with Crippen LogP contribution >= 0.6 is 0 Å². The van der Waals surface area contributed by atoms with Crippen LogP contribution in [0.1, 0.15) is 37.1 Å². The second kappa shape index (κ2) is 8.26. The average Bonchev–Trinajstić information content (AvgIpc) is 3.50. The van der Waals surface area contributed by atoms with E-state index in [0.717, 1.165) is 22.5 Å². The topological polar surface area (TPSA) is 89.7 Å². The molecule has 9 nitrogen and oxygen atoms in total. The summed E-state index contributed by atoms with van der Waals surface area (Å²) in [7, 11) is 1.64. The summed E-state index contributed by atoms with van der Waals surface area (Å²) in [4.78, 5) is 4.54. The summed E-state index contributed by atoms with van der Waals surface area (Å²) >= 11 is 0. The van der Waals surface area contributed by atoms with Gasteiger partial charge in [0.15, 0.2) is 5.79 Å². The Balaban J connectivity index is 1.41. The number of hydrogen-bond donors (Lipinski definition) is 2. The predicted octanol–water partition coefficient (Wildman–Crippen LogP) is 2.23. The third kappa shape index (κ3) is 3.75. The number of nitrogens with zero attached hydrogens (tertiary/aromatic N) is 3. The lowest BCUT2D eigenvalue weighted by Crippen LogP contribution is -2.40. The van der Waals surface area contributed by atoms with Crippen LogP contribution in [-0.2, 0) is 44.6 Å². The van der Waals surface area contributed by atoms with E-state index in [1.807, 2.05) is 53.8 Å². The zero-order chi connectivity index (χ0) is 22.3. The van der Waals surface area contributed by atoms with Crippen molar-refractivity contribution in [1.82, 2.24) is 9.99 Å². The van der Waals surface area contributed by atoms with Gasteiger partial charge in [0.2, 0.25) is 0 Å². The predicted molar refractivity (Wildman–Crippen MR) is 118 cm³/mol. The molecule has 1 fully saturated rings. The smallest absolute Gasteiger partial charge is 0.279 e. The van der Waals surface area contributed by atoms with Gasteiger partial charge in [-0.25, -0.2) is 4.99 Å². The fourth-order valence-electron chi connectivity index (χ4n) is 4.77. The summed E-state index contributed by atoms with van der Waals surface area (Å²) < 4.78 is 26.1. The van der Waals surface area contributed by atoms with Crippen molar-refractivity contribution in [1.29, 1.82) is 0 Å². The molecule has 3 atom stereocenters. The van der Waals surface area contributed by atoms with Crippen molar-refractivity contribution < 1.29 is 24.1 Å². The number of aliphatic hydroxyl groups is 1. The Labute approximate surface area is 187 Å². The van der Waals surface area contributed by atoms with Crippen LogP contribution < -0.4 is 10.4 Å². The standard InChI is InChI=1S/C23H30N4O5/c1-22(2)31-18(9-10-28)19(32-22)11-17-12-26(15-30-13-16-7-5-4-6-8-16)21-20(17)27-14-24-23(21,25-27)29-3/h4-8,12,14,18-19,25,28H,9-11,13,15H2,1-3H3/t18-,19+,23?/m1/s1. The van der Waals surface area contributed by atoms with E-state index in [-0.39, 0.29) is 18.8 Å². The van der Waals surface area contributed by atoms with Crippen molar-refractivity contribution in [2.45, 2.75) is 63.9 Å². The van der Waals surface area contributed by atoms with E-state index < -0.39 is 11.6 Å². The highest BCUT2D eigenvalue weighted by molar-refractivity contribution is 5.88. The van der Waals surface area contributed by atoms with Crippen molar-refractivity contribution in [3.8, 4) is 0 Å². The molecule has 2 aromatic rings. The number of rotatable bonds is 9. The van der Waals surface area contributed by atoms with Crippen LogP contribution in [0.3, 0.4) is 0 Å². The molecule has 3 aliphatic heterocycles. The molecular formula is C23H30N4O5. The number of fused-ring (bicyclic) bond motifs is 5. The first-order valence-corrected chi connectivity index (χ1v) is 10.9. The zero-order valence-corrected chi connectivity index (χ0v) is 18.7. The first kappa shape index (κ1) is 21.6. The molecular weight excluding hydrogens is 412 g/mol. The van der Waals surface area contributed by atoms with Crippen molar-refractivity contribution >= 4 is 12.0 Å². The number of aromatic nitrogens is 1. The molecule has 5 rings (SSSR count). The molecule has 2 bridgehead atoms. The van der Waals surface area contributed by atoms with Crippen molar-refractivity contribution in [2.75, 3.05) is 18.7 Å². The molecule has 2 N–H and O–H groups in total. The Morgan fingerprint density at radius 3 is 2.72 bits per heavy atom. The van der Waals surface area contributed by atoms with Crippen LogP contribution in [0, 0.1) is 0 Å². The molecule has 0 aliphatic carbocycles. The lowest BCUT2D eigenvalue weighted by atomic mass is 10.0. The minimum Gasteiger partial charge on any atom is -0.396 e. The van der Waals surface area contributed by atoms with Gasteiger partial charge in [0, 0.05) is 26.3 Å². The Hall–Kier alpha value is -2.27. The van der Waals surface area contributed by atoms with Gasteiger partial charge in [-0.2, -0.15) is 5.43 Å². The number of anilines is 1. The highest BCUT2D eigenvalue weighted by Gasteiger charge is 2.52. The highest BCUT2D eigenvalue weighted by Crippen LogP contribution is 2.46. The normalized spacial score (nSPS) is 27.4. The maximum atomic E-state index is 9.47. The van der Waals surface area contributed by atoms with E-state index in [9.17, 15) is 5.11 Å². The van der Waals surface area contributed by atoms with Gasteiger partial charge in [0.25, 0.3) is 5.85 Å². The summed E-state index contributed by atoms with van der Waals surface area (Å²) in [5.41, 5.74) is 7.40. The fourth-order valence-corrected chi connectivity index (χ4v) is 4.77. The Bertz CT molecular complexity index is 992. The lowest BCUT2D eigenvalue weighted by Gasteiger charge is -2.22. The number of hydrogen-bond acceptors (Lipinski definition) is 8. The number of hydrazine groups is 1. The van der Waals surface area contributed by atoms with Crippen LogP contribution in [-0.4, -0.2) is 47.7 Å². The Morgan fingerprint density at radius 1 is 1.19 bits per heavy atom. The molecule has 1 saturated heterocycles. The summed E-state index contributed by atoms with van der Waals surface area (Å²) in [5, 5.41) is 11.4. The molecule has 0 amide bonds. The molecule has 1 unspecified atom stereocenters. The molecule has 0 radical (unpaired) electrons. The zero-order valence-electron chi connectivity index (χ0n) is 18.7. The number of aliphatic imine (C=N–C) groups is 1. The molecule has 172 valence electrons. The molecule has 9 heteroatoms. The summed E-state index contributed by atoms with van der Waals surface area (Å²) in [6.07, 6.45) is 4.65. The van der Waals surface area contributed by atoms with Gasteiger partial charge in [-0.3, -0.25) is 5.01 Å². The van der Waals surface area contributed by atoms with Crippen LogP contribution in [0.4, 0.5) is 5.69 Å². The maximum absolute atomic E-state index is 9.47. The Morgan fingerprint density at radius 2 is 1.97 bits per heavy atom. The van der Waals surface area contributed by atoms with Gasteiger partial charge < -0.3 is 28.6 Å². The number of methoxy groups -OCH3 is 1. The second-order valence-electron chi connectivity index (χ2n) is 8.79. The molecule has 0 spiro atoms. The molecule has 32 heavy (non-hydrogen) atoms. The fraction of sp³-hybridized carbons (Fsp3) is 0.522. The van der Waals surface area contributed by atoms with Crippen molar-refractivity contribution in [2.24, 2.45) is 4.99 Å². The summed E-state index contributed by atoms with van der Waals surface area (Å²) in [6, 6.07) is 10.1. The van der Waals surface area contributed by atoms with Crippen molar-refractivity contribution in [3.63, 3.8) is 0 Å². The van der Waals surface area contributed by atoms with Crippen LogP contribution in [0.2, 0.25) is 0 Å². The number of benzene rings is 1. The van der Waals surface area contributed by atoms with E-state index in [2.05, 4.69) is 16.6 Å². The molecule has 1 aromatic carbocycles. The van der Waals surface area contributed by atoms with E-state index in [1.54, 1.807) is 13.4 Å². The second-order valence-corrected chi connectivity index (χ2v) is 8.79. The van der Waals surface area contributed by atoms with Crippen LogP contribution in [0.15, 0.2) is 41.5 Å². The van der Waals surface area contributed by atoms with Crippen LogP contribution in [0.5, 0.6) is 0 Å². The molecule has 4 heterocycles. The average molecular weight is 443 g/mol. The molecule has 0 saturated carbocycles. The van der Waals surface area contributed by atoms with Crippen molar-refractivity contribution in [3.05, 3.63) is 53.3 Å². The number of nitrogens with one attached hydrogen (secondary N) is 1. The van der Waals surface area contributed by atoms with E-state index in [0.29, 0.717) is 26.2 Å². The van der Waals surface area contributed by atoms with Gasteiger partial charge in [0.05, 0.1) is 24.5 Å². The summed E-state index contributed by atoms with van der Waals surface area (Å²) in [6.45, 7) is 4.74. The minimum absolute atomic E-state index is 0.0557. The third-order valence-corrected chi connectivity index (χ3v) is 6.07. The van der Waals surface area contributed by atoms with E-state index >= 15 is 0 Å². The quantitative estimate of drug-likeness (QED) is 0.616. The largest absolute Gasteiger partial charge is 0.396 e. The van der Waals surface area contributed by atoms with Crippen LogP contribution in [0.25, 0.3) is 0 Å². The first-order valence-electron chi connectivity index (χ1n) is 10.9. The maximum Gasteiger partial charge on any atom is 0.279 e. The van der Waals surface area contributed by atoms with Gasteiger partial charge >= 0.3 is 0 Å². The van der Waals surface area contributed by atoms with Gasteiger partial charge in [-0.1, -0.05) is 30.3 Å². The van der Waals surface area contributed by atoms with Gasteiger partial charge in [-0.05, 0) is 31.4 Å². The lowest BCUT2D eigenvalue weighted by molar-refractivity contribution is -0.147.